The van der Waals surface area contributed by atoms with Crippen LogP contribution >= 0.6 is 0 Å². The lowest BCUT2D eigenvalue weighted by molar-refractivity contribution is -0.258. The van der Waals surface area contributed by atoms with E-state index in [0.717, 1.165) is 6.42 Å². The number of hydrogen-bond donors (Lipinski definition) is 3. The molecule has 1 aliphatic rings. The zero-order valence-corrected chi connectivity index (χ0v) is 16.4. The van der Waals surface area contributed by atoms with Gasteiger partial charge in [-0.3, -0.25) is 9.68 Å². The number of rotatable bonds is 8. The highest BCUT2D eigenvalue weighted by Gasteiger charge is 2.60. The highest BCUT2D eigenvalue weighted by atomic mass is 17.1. The van der Waals surface area contributed by atoms with Gasteiger partial charge in [0.2, 0.25) is 0 Å². The lowest BCUT2D eigenvalue weighted by Gasteiger charge is -2.41. The molecule has 0 spiro atoms. The van der Waals surface area contributed by atoms with E-state index in [4.69, 9.17) is 14.7 Å². The van der Waals surface area contributed by atoms with Gasteiger partial charge in [-0.2, -0.15) is 5.26 Å². The standard InChI is InChI=1S/C18H31NO8/c1-5-12(9-10-19-16(23)26-17(2,3)4)18(14(20)21,15(22)27-24)13-8-6-7-11-25-13/h12-13,24H,5-11H2,1-4H3,(H,19,23)(H,20,21). The Balaban J connectivity index is 2.98. The third kappa shape index (κ3) is 5.80. The molecular weight excluding hydrogens is 358 g/mol. The Labute approximate surface area is 159 Å². The van der Waals surface area contributed by atoms with Gasteiger partial charge in [0.05, 0.1) is 6.10 Å². The molecule has 1 heterocycles. The molecule has 9 nitrogen and oxygen atoms in total. The molecule has 0 bridgehead atoms. The van der Waals surface area contributed by atoms with E-state index in [1.54, 1.807) is 27.7 Å². The highest BCUT2D eigenvalue weighted by Crippen LogP contribution is 2.42. The molecule has 0 saturated carbocycles. The predicted octanol–water partition coefficient (Wildman–Crippen LogP) is 2.58. The van der Waals surface area contributed by atoms with Crippen LogP contribution in [0.5, 0.6) is 0 Å². The van der Waals surface area contributed by atoms with Gasteiger partial charge in [0.15, 0.2) is 5.41 Å². The van der Waals surface area contributed by atoms with Crippen molar-refractivity contribution in [2.24, 2.45) is 11.3 Å². The van der Waals surface area contributed by atoms with E-state index in [-0.39, 0.29) is 13.0 Å². The quantitative estimate of drug-likeness (QED) is 0.328. The Kier molecular flexibility index (Phi) is 8.49. The van der Waals surface area contributed by atoms with Gasteiger partial charge in [-0.1, -0.05) is 13.3 Å². The first-order valence-corrected chi connectivity index (χ1v) is 9.27. The van der Waals surface area contributed by atoms with Crippen molar-refractivity contribution < 1.29 is 39.1 Å². The second-order valence-electron chi connectivity index (χ2n) is 7.73. The topological polar surface area (TPSA) is 131 Å². The van der Waals surface area contributed by atoms with Crippen LogP contribution in [0.1, 0.15) is 59.8 Å². The number of aliphatic carboxylic acids is 1. The number of amides is 1. The number of hydrogen-bond acceptors (Lipinski definition) is 7. The molecule has 9 heteroatoms. The molecule has 0 aromatic rings. The molecule has 1 saturated heterocycles. The fourth-order valence-electron chi connectivity index (χ4n) is 3.55. The molecule has 1 amide bonds. The second-order valence-corrected chi connectivity index (χ2v) is 7.73. The van der Waals surface area contributed by atoms with E-state index in [0.29, 0.717) is 25.9 Å². The van der Waals surface area contributed by atoms with Gasteiger partial charge in [-0.25, -0.2) is 9.59 Å². The molecule has 27 heavy (non-hydrogen) atoms. The lowest BCUT2D eigenvalue weighted by Crippen LogP contribution is -2.56. The Hall–Kier alpha value is -1.87. The summed E-state index contributed by atoms with van der Waals surface area (Å²) in [6.45, 7) is 7.37. The summed E-state index contributed by atoms with van der Waals surface area (Å²) in [6.07, 6.45) is 0.820. The zero-order chi connectivity index (χ0) is 20.7. The minimum atomic E-state index is -2.04. The average Bonchev–Trinajstić information content (AvgIpc) is 2.59. The van der Waals surface area contributed by atoms with Crippen LogP contribution < -0.4 is 5.32 Å². The van der Waals surface area contributed by atoms with Gasteiger partial charge in [0.1, 0.15) is 5.60 Å². The fourth-order valence-corrected chi connectivity index (χ4v) is 3.55. The van der Waals surface area contributed by atoms with Crippen LogP contribution in [0.2, 0.25) is 0 Å². The summed E-state index contributed by atoms with van der Waals surface area (Å²) in [5.41, 5.74) is -2.70. The van der Waals surface area contributed by atoms with Crippen molar-refractivity contribution in [2.45, 2.75) is 71.5 Å². The van der Waals surface area contributed by atoms with Crippen molar-refractivity contribution in [1.82, 2.24) is 5.32 Å². The van der Waals surface area contributed by atoms with Gasteiger partial charge in [-0.15, -0.1) is 0 Å². The van der Waals surface area contributed by atoms with Crippen LogP contribution in [-0.2, 0) is 24.0 Å². The van der Waals surface area contributed by atoms with Crippen LogP contribution in [0, 0.1) is 11.3 Å². The molecular formula is C18H31NO8. The molecule has 0 aromatic heterocycles. The first-order valence-electron chi connectivity index (χ1n) is 9.27. The molecule has 0 aromatic carbocycles. The number of carbonyl (C=O) groups is 3. The summed E-state index contributed by atoms with van der Waals surface area (Å²) < 4.78 is 10.7. The molecule has 3 N–H and O–H groups in total. The van der Waals surface area contributed by atoms with Gasteiger partial charge >= 0.3 is 18.0 Å². The number of alkyl carbamates (subject to hydrolysis) is 1. The minimum absolute atomic E-state index is 0.105. The maximum Gasteiger partial charge on any atom is 0.407 e. The maximum absolute atomic E-state index is 12.4. The minimum Gasteiger partial charge on any atom is -0.480 e. The number of carboxylic acids is 1. The summed E-state index contributed by atoms with van der Waals surface area (Å²) in [5, 5.41) is 21.5. The SMILES string of the molecule is CCC(CCNC(=O)OC(C)(C)C)C(C(=O)O)(C(=O)OO)C1CCCCO1. The molecule has 1 aliphatic heterocycles. The smallest absolute Gasteiger partial charge is 0.407 e. The number of nitrogens with one attached hydrogen (secondary N) is 1. The second kappa shape index (κ2) is 9.89. The first kappa shape index (κ1) is 23.2. The molecule has 0 radical (unpaired) electrons. The number of carboxylic acid groups (broad SMARTS) is 1. The summed E-state index contributed by atoms with van der Waals surface area (Å²) >= 11 is 0. The van der Waals surface area contributed by atoms with Gasteiger partial charge < -0.3 is 19.9 Å². The highest BCUT2D eigenvalue weighted by molar-refractivity contribution is 6.00. The lowest BCUT2D eigenvalue weighted by atomic mass is 9.66. The van der Waals surface area contributed by atoms with Crippen molar-refractivity contribution in [3.8, 4) is 0 Å². The monoisotopic (exact) mass is 389 g/mol. The number of ether oxygens (including phenoxy) is 2. The fraction of sp³-hybridized carbons (Fsp3) is 0.833. The maximum atomic E-state index is 12.4. The molecule has 1 rings (SSSR count). The Morgan fingerprint density at radius 3 is 2.37 bits per heavy atom. The van der Waals surface area contributed by atoms with Crippen LogP contribution in [0.3, 0.4) is 0 Å². The summed E-state index contributed by atoms with van der Waals surface area (Å²) in [6, 6.07) is 0. The first-order chi connectivity index (χ1) is 12.6. The van der Waals surface area contributed by atoms with Crippen molar-refractivity contribution >= 4 is 18.0 Å². The molecule has 0 aliphatic carbocycles. The Bertz CT molecular complexity index is 524. The van der Waals surface area contributed by atoms with Gasteiger partial charge in [0.25, 0.3) is 0 Å². The van der Waals surface area contributed by atoms with E-state index in [9.17, 15) is 19.5 Å². The van der Waals surface area contributed by atoms with E-state index in [2.05, 4.69) is 10.2 Å². The summed E-state index contributed by atoms with van der Waals surface area (Å²) in [5.74, 6) is -3.36. The van der Waals surface area contributed by atoms with E-state index >= 15 is 0 Å². The van der Waals surface area contributed by atoms with Crippen LogP contribution in [-0.4, -0.2) is 53.3 Å². The van der Waals surface area contributed by atoms with Crippen LogP contribution in [0.15, 0.2) is 0 Å². The largest absolute Gasteiger partial charge is 0.480 e. The van der Waals surface area contributed by atoms with E-state index in [1.165, 1.54) is 0 Å². The molecule has 3 atom stereocenters. The van der Waals surface area contributed by atoms with Crippen LogP contribution in [0.4, 0.5) is 4.79 Å². The van der Waals surface area contributed by atoms with E-state index < -0.39 is 41.1 Å². The average molecular weight is 389 g/mol. The van der Waals surface area contributed by atoms with Crippen molar-refractivity contribution in [1.29, 1.82) is 0 Å². The number of carbonyl (C=O) groups excluding carboxylic acids is 2. The third-order valence-electron chi connectivity index (χ3n) is 4.76. The zero-order valence-electron chi connectivity index (χ0n) is 16.4. The summed E-state index contributed by atoms with van der Waals surface area (Å²) in [7, 11) is 0. The third-order valence-corrected chi connectivity index (χ3v) is 4.76. The van der Waals surface area contributed by atoms with Gasteiger partial charge in [0, 0.05) is 13.2 Å². The van der Waals surface area contributed by atoms with Crippen molar-refractivity contribution in [2.75, 3.05) is 13.2 Å². The van der Waals surface area contributed by atoms with Gasteiger partial charge in [-0.05, 0) is 52.4 Å². The molecule has 156 valence electrons. The normalized spacial score (nSPS) is 20.9. The van der Waals surface area contributed by atoms with E-state index in [1.807, 2.05) is 0 Å². The molecule has 1 fully saturated rings. The van der Waals surface area contributed by atoms with Crippen molar-refractivity contribution in [3.05, 3.63) is 0 Å². The van der Waals surface area contributed by atoms with Crippen LogP contribution in [0.25, 0.3) is 0 Å². The van der Waals surface area contributed by atoms with Crippen molar-refractivity contribution in [3.63, 3.8) is 0 Å². The Morgan fingerprint density at radius 1 is 1.26 bits per heavy atom. The molecule has 3 unspecified atom stereocenters. The predicted molar refractivity (Wildman–Crippen MR) is 95.0 cm³/mol. The summed E-state index contributed by atoms with van der Waals surface area (Å²) in [4.78, 5) is 40.3. The Morgan fingerprint density at radius 2 is 1.93 bits per heavy atom.